The number of carboxylic acids is 1. The first-order valence-corrected chi connectivity index (χ1v) is 6.91. The van der Waals surface area contributed by atoms with Crippen LogP contribution in [0.4, 0.5) is 10.1 Å². The van der Waals surface area contributed by atoms with Gasteiger partial charge in [-0.05, 0) is 47.7 Å². The first-order valence-electron chi connectivity index (χ1n) is 6.03. The summed E-state index contributed by atoms with van der Waals surface area (Å²) >= 11 is 1.19. The predicted octanol–water partition coefficient (Wildman–Crippen LogP) is 3.55. The number of amides is 1. The zero-order chi connectivity index (χ0) is 15.4. The summed E-state index contributed by atoms with van der Waals surface area (Å²) in [4.78, 5) is 23.1. The molecular weight excluding hydrogens is 293 g/mol. The van der Waals surface area contributed by atoms with Crippen LogP contribution in [0.25, 0.3) is 6.08 Å². The fourth-order valence-electron chi connectivity index (χ4n) is 1.70. The van der Waals surface area contributed by atoms with Crippen LogP contribution >= 0.6 is 11.3 Å². The highest BCUT2D eigenvalue weighted by Gasteiger charge is 2.13. The van der Waals surface area contributed by atoms with Crippen molar-refractivity contribution in [1.82, 2.24) is 0 Å². The Labute approximate surface area is 124 Å². The lowest BCUT2D eigenvalue weighted by molar-refractivity contribution is -0.131. The standard InChI is InChI=1S/C15H12FNO3S/c1-9-2-4-11(16)8-12(9)17-15(20)14-10(6-7-21-14)3-5-13(18)19/h2-8H,1H3,(H,17,20)(H,18,19). The van der Waals surface area contributed by atoms with Crippen molar-refractivity contribution in [3.05, 3.63) is 57.5 Å². The van der Waals surface area contributed by atoms with Crippen LogP contribution < -0.4 is 5.32 Å². The lowest BCUT2D eigenvalue weighted by Gasteiger charge is -2.08. The summed E-state index contributed by atoms with van der Waals surface area (Å²) in [6.07, 6.45) is 2.32. The number of anilines is 1. The Balaban J connectivity index is 2.23. The molecule has 0 spiro atoms. The number of aryl methyl sites for hydroxylation is 1. The van der Waals surface area contributed by atoms with Crippen molar-refractivity contribution < 1.29 is 19.1 Å². The van der Waals surface area contributed by atoms with Gasteiger partial charge in [0.05, 0.1) is 4.88 Å². The van der Waals surface area contributed by atoms with E-state index >= 15 is 0 Å². The fourth-order valence-corrected chi connectivity index (χ4v) is 2.48. The van der Waals surface area contributed by atoms with Gasteiger partial charge in [0.25, 0.3) is 5.91 Å². The van der Waals surface area contributed by atoms with Crippen molar-refractivity contribution >= 4 is 35.0 Å². The van der Waals surface area contributed by atoms with Gasteiger partial charge in [0.2, 0.25) is 0 Å². The van der Waals surface area contributed by atoms with Gasteiger partial charge in [0, 0.05) is 11.8 Å². The summed E-state index contributed by atoms with van der Waals surface area (Å²) in [5, 5.41) is 12.9. The Bertz CT molecular complexity index is 721. The molecule has 1 aromatic heterocycles. The molecule has 0 aliphatic rings. The molecule has 6 heteroatoms. The van der Waals surface area contributed by atoms with Crippen molar-refractivity contribution in [3.8, 4) is 0 Å². The lowest BCUT2D eigenvalue weighted by atomic mass is 10.2. The fraction of sp³-hybridized carbons (Fsp3) is 0.0667. The monoisotopic (exact) mass is 305 g/mol. The summed E-state index contributed by atoms with van der Waals surface area (Å²) in [5.74, 6) is -1.93. The first kappa shape index (κ1) is 14.9. The maximum absolute atomic E-state index is 13.2. The van der Waals surface area contributed by atoms with Crippen molar-refractivity contribution in [2.45, 2.75) is 6.92 Å². The highest BCUT2D eigenvalue weighted by Crippen LogP contribution is 2.22. The van der Waals surface area contributed by atoms with Gasteiger partial charge in [0.1, 0.15) is 5.82 Å². The van der Waals surface area contributed by atoms with Crippen molar-refractivity contribution in [3.63, 3.8) is 0 Å². The van der Waals surface area contributed by atoms with E-state index in [0.29, 0.717) is 16.1 Å². The minimum atomic E-state index is -1.09. The Kier molecular flexibility index (Phi) is 4.49. The molecule has 0 saturated carbocycles. The van der Waals surface area contributed by atoms with Crippen molar-refractivity contribution in [2.75, 3.05) is 5.32 Å². The molecule has 1 heterocycles. The maximum Gasteiger partial charge on any atom is 0.328 e. The van der Waals surface area contributed by atoms with Crippen molar-refractivity contribution in [1.29, 1.82) is 0 Å². The molecule has 1 amide bonds. The van der Waals surface area contributed by atoms with Crippen LogP contribution in [0.2, 0.25) is 0 Å². The molecule has 0 atom stereocenters. The summed E-state index contributed by atoms with van der Waals surface area (Å²) in [7, 11) is 0. The lowest BCUT2D eigenvalue weighted by Crippen LogP contribution is -2.12. The van der Waals surface area contributed by atoms with Crippen LogP contribution in [0.5, 0.6) is 0 Å². The number of halogens is 1. The first-order chi connectivity index (χ1) is 9.97. The van der Waals surface area contributed by atoms with Gasteiger partial charge in [-0.3, -0.25) is 4.79 Å². The van der Waals surface area contributed by atoms with Crippen molar-refractivity contribution in [2.24, 2.45) is 0 Å². The smallest absolute Gasteiger partial charge is 0.328 e. The summed E-state index contributed by atoms with van der Waals surface area (Å²) in [6.45, 7) is 1.76. The van der Waals surface area contributed by atoms with Crippen LogP contribution in [-0.4, -0.2) is 17.0 Å². The van der Waals surface area contributed by atoms with Crippen LogP contribution in [0.15, 0.2) is 35.7 Å². The molecule has 0 aliphatic heterocycles. The predicted molar refractivity (Wildman–Crippen MR) is 80.1 cm³/mol. The zero-order valence-electron chi connectivity index (χ0n) is 11.1. The number of rotatable bonds is 4. The molecule has 108 valence electrons. The third-order valence-corrected chi connectivity index (χ3v) is 3.68. The number of aliphatic carboxylic acids is 1. The van der Waals surface area contributed by atoms with Crippen LogP contribution in [0, 0.1) is 12.7 Å². The Morgan fingerprint density at radius 3 is 2.81 bits per heavy atom. The van der Waals surface area contributed by atoms with E-state index in [1.165, 1.54) is 29.5 Å². The Hall–Kier alpha value is -2.47. The molecule has 0 fully saturated rings. The number of nitrogens with one attached hydrogen (secondary N) is 1. The highest BCUT2D eigenvalue weighted by molar-refractivity contribution is 7.12. The molecule has 1 aromatic carbocycles. The highest BCUT2D eigenvalue weighted by atomic mass is 32.1. The van der Waals surface area contributed by atoms with E-state index in [9.17, 15) is 14.0 Å². The second-order valence-corrected chi connectivity index (χ2v) is 5.21. The molecule has 21 heavy (non-hydrogen) atoms. The van der Waals surface area contributed by atoms with Gasteiger partial charge >= 0.3 is 5.97 Å². The molecule has 0 aliphatic carbocycles. The normalized spacial score (nSPS) is 10.8. The molecule has 2 rings (SSSR count). The van der Waals surface area contributed by atoms with Gasteiger partial charge < -0.3 is 10.4 Å². The minimum absolute atomic E-state index is 0.371. The molecule has 0 bridgehead atoms. The number of hydrogen-bond donors (Lipinski definition) is 2. The zero-order valence-corrected chi connectivity index (χ0v) is 11.9. The molecule has 0 radical (unpaired) electrons. The number of thiophene rings is 1. The molecule has 2 N–H and O–H groups in total. The van der Waals surface area contributed by atoms with E-state index in [2.05, 4.69) is 5.32 Å². The molecule has 2 aromatic rings. The van der Waals surface area contributed by atoms with E-state index in [4.69, 9.17) is 5.11 Å². The molecule has 0 unspecified atom stereocenters. The second-order valence-electron chi connectivity index (χ2n) is 4.29. The minimum Gasteiger partial charge on any atom is -0.478 e. The molecule has 0 saturated heterocycles. The largest absolute Gasteiger partial charge is 0.478 e. The second kappa shape index (κ2) is 6.32. The van der Waals surface area contributed by atoms with Crippen LogP contribution in [-0.2, 0) is 4.79 Å². The van der Waals surface area contributed by atoms with E-state index < -0.39 is 17.7 Å². The molecular formula is C15H12FNO3S. The maximum atomic E-state index is 13.2. The average Bonchev–Trinajstić information content (AvgIpc) is 2.89. The SMILES string of the molecule is Cc1ccc(F)cc1NC(=O)c1sccc1C=CC(=O)O. The van der Waals surface area contributed by atoms with Crippen LogP contribution in [0.3, 0.4) is 0 Å². The van der Waals surface area contributed by atoms with Gasteiger partial charge in [-0.2, -0.15) is 0 Å². The topological polar surface area (TPSA) is 66.4 Å². The summed E-state index contributed by atoms with van der Waals surface area (Å²) < 4.78 is 13.2. The number of carboxylic acid groups (broad SMARTS) is 1. The van der Waals surface area contributed by atoms with Gasteiger partial charge in [0.15, 0.2) is 0 Å². The third kappa shape index (κ3) is 3.76. The Morgan fingerprint density at radius 2 is 2.10 bits per heavy atom. The quantitative estimate of drug-likeness (QED) is 0.849. The number of benzene rings is 1. The van der Waals surface area contributed by atoms with Crippen LogP contribution in [0.1, 0.15) is 20.8 Å². The molecule has 4 nitrogen and oxygen atoms in total. The summed E-state index contributed by atoms with van der Waals surface area (Å²) in [6, 6.07) is 5.78. The third-order valence-electron chi connectivity index (χ3n) is 2.76. The Morgan fingerprint density at radius 1 is 1.33 bits per heavy atom. The summed E-state index contributed by atoms with van der Waals surface area (Å²) in [5.41, 5.74) is 1.64. The van der Waals surface area contributed by atoms with Gasteiger partial charge in [-0.25, -0.2) is 9.18 Å². The number of carbonyl (C=O) groups excluding carboxylic acids is 1. The van der Waals surface area contributed by atoms with E-state index in [0.717, 1.165) is 11.6 Å². The van der Waals surface area contributed by atoms with E-state index in [-0.39, 0.29) is 0 Å². The van der Waals surface area contributed by atoms with Gasteiger partial charge in [-0.1, -0.05) is 6.07 Å². The van der Waals surface area contributed by atoms with E-state index in [1.807, 2.05) is 0 Å². The van der Waals surface area contributed by atoms with E-state index in [1.54, 1.807) is 24.4 Å². The average molecular weight is 305 g/mol. The number of carbonyl (C=O) groups is 2. The van der Waals surface area contributed by atoms with Gasteiger partial charge in [-0.15, -0.1) is 11.3 Å². The number of hydrogen-bond acceptors (Lipinski definition) is 3.